The van der Waals surface area contributed by atoms with Gasteiger partial charge in [0.2, 0.25) is 15.9 Å². The molecule has 0 N–H and O–H groups in total. The number of sulfonamides is 1. The van der Waals surface area contributed by atoms with Crippen LogP contribution in [-0.4, -0.2) is 65.3 Å². The Balaban J connectivity index is 1.67. The van der Waals surface area contributed by atoms with E-state index in [0.29, 0.717) is 31.9 Å². The zero-order valence-electron chi connectivity index (χ0n) is 16.4. The molecule has 156 valence electrons. The third kappa shape index (κ3) is 5.33. The van der Waals surface area contributed by atoms with Crippen molar-refractivity contribution in [2.45, 2.75) is 0 Å². The van der Waals surface area contributed by atoms with Crippen LogP contribution in [0.1, 0.15) is 0 Å². The average molecular weight is 529 g/mol. The molecule has 9 heteroatoms. The third-order valence-electron chi connectivity index (χ3n) is 4.85. The Hall–Kier alpha value is -2.01. The first-order valence-corrected chi connectivity index (χ1v) is 12.1. The quantitative estimate of drug-likeness (QED) is 0.538. The van der Waals surface area contributed by atoms with Gasteiger partial charge in [-0.15, -0.1) is 0 Å². The van der Waals surface area contributed by atoms with Crippen molar-refractivity contribution < 1.29 is 17.9 Å². The lowest BCUT2D eigenvalue weighted by atomic mass is 10.2. The fourth-order valence-electron chi connectivity index (χ4n) is 3.32. The van der Waals surface area contributed by atoms with Gasteiger partial charge < -0.3 is 14.5 Å². The number of hydrogen-bond acceptors (Lipinski definition) is 5. The monoisotopic (exact) mass is 529 g/mol. The van der Waals surface area contributed by atoms with Crippen molar-refractivity contribution in [3.63, 3.8) is 0 Å². The highest BCUT2D eigenvalue weighted by molar-refractivity contribution is 14.1. The van der Waals surface area contributed by atoms with E-state index in [9.17, 15) is 13.2 Å². The minimum atomic E-state index is -3.57. The number of anilines is 2. The van der Waals surface area contributed by atoms with Gasteiger partial charge in [-0.25, -0.2) is 8.42 Å². The van der Waals surface area contributed by atoms with E-state index in [1.807, 2.05) is 36.4 Å². The second kappa shape index (κ2) is 9.21. The number of carbonyl (C=O) groups is 1. The molecule has 1 fully saturated rings. The number of ether oxygens (including phenoxy) is 1. The summed E-state index contributed by atoms with van der Waals surface area (Å²) < 4.78 is 32.1. The second-order valence-corrected chi connectivity index (χ2v) is 9.94. The van der Waals surface area contributed by atoms with Crippen LogP contribution in [0.25, 0.3) is 0 Å². The molecule has 0 radical (unpaired) electrons. The van der Waals surface area contributed by atoms with E-state index in [-0.39, 0.29) is 12.5 Å². The number of piperazine rings is 1. The SMILES string of the molecule is COc1ccccc1N1CCN(C(=O)CN(c2ccc(I)cc2)S(C)(=O)=O)CC1. The summed E-state index contributed by atoms with van der Waals surface area (Å²) in [5, 5.41) is 0. The van der Waals surface area contributed by atoms with Crippen LogP contribution < -0.4 is 13.9 Å². The minimum absolute atomic E-state index is 0.200. The van der Waals surface area contributed by atoms with E-state index >= 15 is 0 Å². The number of nitrogens with zero attached hydrogens (tertiary/aromatic N) is 3. The van der Waals surface area contributed by atoms with Gasteiger partial charge in [-0.1, -0.05) is 12.1 Å². The van der Waals surface area contributed by atoms with Gasteiger partial charge in [0, 0.05) is 29.7 Å². The van der Waals surface area contributed by atoms with Gasteiger partial charge in [-0.2, -0.15) is 0 Å². The standard InChI is InChI=1S/C20H24IN3O4S/c1-28-19-6-4-3-5-18(19)22-11-13-23(14-12-22)20(25)15-24(29(2,26)27)17-9-7-16(21)8-10-17/h3-10H,11-15H2,1-2H3. The maximum Gasteiger partial charge on any atom is 0.243 e. The summed E-state index contributed by atoms with van der Waals surface area (Å²) in [6, 6.07) is 14.9. The molecule has 0 atom stereocenters. The van der Waals surface area contributed by atoms with Crippen molar-refractivity contribution in [3.05, 3.63) is 52.1 Å². The van der Waals surface area contributed by atoms with E-state index in [1.54, 1.807) is 24.1 Å². The molecular weight excluding hydrogens is 505 g/mol. The summed E-state index contributed by atoms with van der Waals surface area (Å²) in [5.41, 5.74) is 1.49. The fourth-order valence-corrected chi connectivity index (χ4v) is 4.53. The van der Waals surface area contributed by atoms with Crippen molar-refractivity contribution in [2.24, 2.45) is 0 Å². The van der Waals surface area contributed by atoms with Crippen LogP contribution in [0.5, 0.6) is 5.75 Å². The molecule has 0 aliphatic carbocycles. The number of halogens is 1. The van der Waals surface area contributed by atoms with Crippen molar-refractivity contribution in [1.82, 2.24) is 4.90 Å². The van der Waals surface area contributed by atoms with Gasteiger partial charge in [-0.05, 0) is 59.0 Å². The topological polar surface area (TPSA) is 70.2 Å². The molecule has 0 unspecified atom stereocenters. The molecule has 1 amide bonds. The summed E-state index contributed by atoms with van der Waals surface area (Å²) >= 11 is 2.16. The molecular formula is C20H24IN3O4S. The molecule has 1 aliphatic rings. The molecule has 1 aliphatic heterocycles. The largest absolute Gasteiger partial charge is 0.495 e. The van der Waals surface area contributed by atoms with Gasteiger partial charge in [0.05, 0.1) is 24.7 Å². The number of methoxy groups -OCH3 is 1. The summed E-state index contributed by atoms with van der Waals surface area (Å²) in [7, 11) is -1.93. The summed E-state index contributed by atoms with van der Waals surface area (Å²) in [5.74, 6) is 0.600. The Morgan fingerprint density at radius 2 is 1.69 bits per heavy atom. The normalized spacial score (nSPS) is 14.6. The second-order valence-electron chi connectivity index (χ2n) is 6.79. The van der Waals surface area contributed by atoms with Gasteiger partial charge in [0.15, 0.2) is 0 Å². The average Bonchev–Trinajstić information content (AvgIpc) is 2.72. The summed E-state index contributed by atoms with van der Waals surface area (Å²) in [6.45, 7) is 2.18. The maximum absolute atomic E-state index is 12.8. The van der Waals surface area contributed by atoms with E-state index in [1.165, 1.54) is 0 Å². The minimum Gasteiger partial charge on any atom is -0.495 e. The Kier molecular flexibility index (Phi) is 6.89. The molecule has 0 saturated carbocycles. The van der Waals surface area contributed by atoms with Crippen LogP contribution in [0, 0.1) is 3.57 Å². The Bertz CT molecular complexity index is 958. The Morgan fingerprint density at radius 1 is 1.07 bits per heavy atom. The van der Waals surface area contributed by atoms with Gasteiger partial charge in [-0.3, -0.25) is 9.10 Å². The van der Waals surface area contributed by atoms with Crippen molar-refractivity contribution in [1.29, 1.82) is 0 Å². The number of benzene rings is 2. The van der Waals surface area contributed by atoms with Crippen molar-refractivity contribution in [3.8, 4) is 5.75 Å². The fraction of sp³-hybridized carbons (Fsp3) is 0.350. The lowest BCUT2D eigenvalue weighted by molar-refractivity contribution is -0.129. The zero-order chi connectivity index (χ0) is 21.0. The van der Waals surface area contributed by atoms with Gasteiger partial charge in [0.1, 0.15) is 12.3 Å². The van der Waals surface area contributed by atoms with Crippen molar-refractivity contribution >= 4 is 49.9 Å². The smallest absolute Gasteiger partial charge is 0.243 e. The number of amides is 1. The van der Waals surface area contributed by atoms with Crippen LogP contribution in [0.3, 0.4) is 0 Å². The first kappa shape index (κ1) is 21.7. The highest BCUT2D eigenvalue weighted by Gasteiger charge is 2.27. The van der Waals surface area contributed by atoms with Crippen LogP contribution in [-0.2, 0) is 14.8 Å². The molecule has 2 aromatic rings. The van der Waals surface area contributed by atoms with Crippen LogP contribution in [0.4, 0.5) is 11.4 Å². The van der Waals surface area contributed by atoms with Crippen LogP contribution in [0.15, 0.2) is 48.5 Å². The molecule has 3 rings (SSSR count). The molecule has 29 heavy (non-hydrogen) atoms. The zero-order valence-corrected chi connectivity index (χ0v) is 19.4. The molecule has 0 bridgehead atoms. The lowest BCUT2D eigenvalue weighted by Gasteiger charge is -2.37. The first-order valence-electron chi connectivity index (χ1n) is 9.18. The summed E-state index contributed by atoms with van der Waals surface area (Å²) in [4.78, 5) is 16.7. The number of carbonyl (C=O) groups excluding carboxylic acids is 1. The van der Waals surface area contributed by atoms with E-state index in [2.05, 4.69) is 27.5 Å². The lowest BCUT2D eigenvalue weighted by Crippen LogP contribution is -2.52. The number of rotatable bonds is 6. The maximum atomic E-state index is 12.8. The molecule has 0 aromatic heterocycles. The highest BCUT2D eigenvalue weighted by atomic mass is 127. The van der Waals surface area contributed by atoms with Crippen LogP contribution >= 0.6 is 22.6 Å². The predicted molar refractivity (Wildman–Crippen MR) is 123 cm³/mol. The number of para-hydroxylation sites is 2. The molecule has 2 aromatic carbocycles. The number of hydrogen-bond donors (Lipinski definition) is 0. The van der Waals surface area contributed by atoms with E-state index in [4.69, 9.17) is 4.74 Å². The summed E-state index contributed by atoms with van der Waals surface area (Å²) in [6.07, 6.45) is 1.12. The highest BCUT2D eigenvalue weighted by Crippen LogP contribution is 2.28. The van der Waals surface area contributed by atoms with Crippen molar-refractivity contribution in [2.75, 3.05) is 55.3 Å². The Morgan fingerprint density at radius 3 is 2.28 bits per heavy atom. The van der Waals surface area contributed by atoms with Gasteiger partial charge >= 0.3 is 0 Å². The molecule has 0 spiro atoms. The molecule has 1 saturated heterocycles. The molecule has 1 heterocycles. The third-order valence-corrected chi connectivity index (χ3v) is 6.71. The molecule has 7 nitrogen and oxygen atoms in total. The van der Waals surface area contributed by atoms with Crippen LogP contribution in [0.2, 0.25) is 0 Å². The Labute approximate surface area is 185 Å². The predicted octanol–water partition coefficient (Wildman–Crippen LogP) is 2.41. The van der Waals surface area contributed by atoms with E-state index in [0.717, 1.165) is 25.6 Å². The van der Waals surface area contributed by atoms with E-state index < -0.39 is 10.0 Å². The first-order chi connectivity index (χ1) is 13.8. The van der Waals surface area contributed by atoms with Gasteiger partial charge in [0.25, 0.3) is 0 Å².